The van der Waals surface area contributed by atoms with E-state index < -0.39 is 0 Å². The fourth-order valence-corrected chi connectivity index (χ4v) is 2.55. The SMILES string of the molecule is C=CCOc1ccccc1CNC(=NC)NCc1ccc(C(=O)N(C)C)cc1.I. The zero-order valence-corrected chi connectivity index (χ0v) is 19.5. The fraction of sp³-hybridized carbons (Fsp3) is 0.273. The first kappa shape index (κ1) is 24.5. The molecule has 0 heterocycles. The number of benzene rings is 2. The number of carbonyl (C=O) groups is 1. The van der Waals surface area contributed by atoms with Crippen LogP contribution in [0.5, 0.6) is 5.75 Å². The second-order valence-corrected chi connectivity index (χ2v) is 6.38. The minimum absolute atomic E-state index is 0. The molecule has 0 spiro atoms. The van der Waals surface area contributed by atoms with E-state index in [-0.39, 0.29) is 29.9 Å². The second-order valence-electron chi connectivity index (χ2n) is 6.38. The molecular formula is C22H29IN4O2. The molecular weight excluding hydrogens is 479 g/mol. The van der Waals surface area contributed by atoms with Gasteiger partial charge in [-0.2, -0.15) is 0 Å². The molecule has 2 rings (SSSR count). The molecule has 0 unspecified atom stereocenters. The van der Waals surface area contributed by atoms with Crippen molar-refractivity contribution >= 4 is 35.8 Å². The molecule has 0 bridgehead atoms. The van der Waals surface area contributed by atoms with Crippen LogP contribution in [0.25, 0.3) is 0 Å². The molecule has 0 saturated carbocycles. The number of guanidine groups is 1. The van der Waals surface area contributed by atoms with Gasteiger partial charge >= 0.3 is 0 Å². The van der Waals surface area contributed by atoms with Gasteiger partial charge < -0.3 is 20.3 Å². The van der Waals surface area contributed by atoms with Crippen molar-refractivity contribution in [2.24, 2.45) is 4.99 Å². The number of rotatable bonds is 8. The Balaban J connectivity index is 0.00000420. The van der Waals surface area contributed by atoms with Crippen LogP contribution < -0.4 is 15.4 Å². The third-order valence-corrected chi connectivity index (χ3v) is 4.07. The van der Waals surface area contributed by atoms with E-state index in [1.165, 1.54) is 0 Å². The molecule has 0 atom stereocenters. The molecule has 6 nitrogen and oxygen atoms in total. The summed E-state index contributed by atoms with van der Waals surface area (Å²) in [6, 6.07) is 15.4. The number of nitrogens with zero attached hydrogens (tertiary/aromatic N) is 2. The van der Waals surface area contributed by atoms with E-state index >= 15 is 0 Å². The lowest BCUT2D eigenvalue weighted by atomic mass is 10.1. The minimum Gasteiger partial charge on any atom is -0.489 e. The van der Waals surface area contributed by atoms with Crippen LogP contribution in [0, 0.1) is 0 Å². The summed E-state index contributed by atoms with van der Waals surface area (Å²) < 4.78 is 5.68. The van der Waals surface area contributed by atoms with Gasteiger partial charge in [0.25, 0.3) is 5.91 Å². The van der Waals surface area contributed by atoms with Gasteiger partial charge in [-0.25, -0.2) is 0 Å². The molecule has 0 aromatic heterocycles. The molecule has 0 fully saturated rings. The Kier molecular flexibility index (Phi) is 10.8. The third-order valence-electron chi connectivity index (χ3n) is 4.07. The molecule has 156 valence electrons. The summed E-state index contributed by atoms with van der Waals surface area (Å²) >= 11 is 0. The van der Waals surface area contributed by atoms with E-state index in [2.05, 4.69) is 22.2 Å². The number of hydrogen-bond donors (Lipinski definition) is 2. The summed E-state index contributed by atoms with van der Waals surface area (Å²) in [4.78, 5) is 17.8. The number of aliphatic imine (C=N–C) groups is 1. The lowest BCUT2D eigenvalue weighted by Crippen LogP contribution is -2.36. The van der Waals surface area contributed by atoms with Gasteiger partial charge in [0.1, 0.15) is 12.4 Å². The Morgan fingerprint density at radius 3 is 2.38 bits per heavy atom. The largest absolute Gasteiger partial charge is 0.489 e. The van der Waals surface area contributed by atoms with E-state index in [4.69, 9.17) is 4.74 Å². The first-order valence-corrected chi connectivity index (χ1v) is 9.12. The van der Waals surface area contributed by atoms with Gasteiger partial charge in [0.2, 0.25) is 0 Å². The molecule has 0 aliphatic carbocycles. The van der Waals surface area contributed by atoms with Gasteiger partial charge in [-0.05, 0) is 23.8 Å². The number of para-hydroxylation sites is 1. The zero-order chi connectivity index (χ0) is 20.4. The normalized spacial score (nSPS) is 10.5. The number of carbonyl (C=O) groups excluding carboxylic acids is 1. The van der Waals surface area contributed by atoms with Crippen LogP contribution in [-0.4, -0.2) is 44.5 Å². The van der Waals surface area contributed by atoms with Crippen LogP contribution in [0.15, 0.2) is 66.2 Å². The fourth-order valence-electron chi connectivity index (χ4n) is 2.55. The number of halogens is 1. The summed E-state index contributed by atoms with van der Waals surface area (Å²) in [5.41, 5.74) is 2.78. The van der Waals surface area contributed by atoms with Gasteiger partial charge in [-0.15, -0.1) is 24.0 Å². The lowest BCUT2D eigenvalue weighted by Gasteiger charge is -2.15. The van der Waals surface area contributed by atoms with E-state index in [1.54, 1.807) is 32.1 Å². The average Bonchev–Trinajstić information content (AvgIpc) is 2.72. The van der Waals surface area contributed by atoms with Gasteiger partial charge in [0, 0.05) is 45.4 Å². The van der Waals surface area contributed by atoms with Crippen molar-refractivity contribution in [1.29, 1.82) is 0 Å². The summed E-state index contributed by atoms with van der Waals surface area (Å²) in [5.74, 6) is 1.51. The quantitative estimate of drug-likeness (QED) is 0.248. The van der Waals surface area contributed by atoms with Gasteiger partial charge in [-0.1, -0.05) is 43.0 Å². The first-order valence-electron chi connectivity index (χ1n) is 9.12. The van der Waals surface area contributed by atoms with Crippen LogP contribution in [0.1, 0.15) is 21.5 Å². The Labute approximate surface area is 190 Å². The predicted octanol–water partition coefficient (Wildman–Crippen LogP) is 3.44. The van der Waals surface area contributed by atoms with Crippen LogP contribution in [-0.2, 0) is 13.1 Å². The topological polar surface area (TPSA) is 66.0 Å². The number of amides is 1. The van der Waals surface area contributed by atoms with Crippen molar-refractivity contribution in [3.63, 3.8) is 0 Å². The van der Waals surface area contributed by atoms with Gasteiger partial charge in [-0.3, -0.25) is 9.79 Å². The molecule has 0 aliphatic rings. The average molecular weight is 508 g/mol. The summed E-state index contributed by atoms with van der Waals surface area (Å²) in [6.07, 6.45) is 1.72. The highest BCUT2D eigenvalue weighted by Gasteiger charge is 2.08. The first-order chi connectivity index (χ1) is 13.5. The highest BCUT2D eigenvalue weighted by Crippen LogP contribution is 2.17. The van der Waals surface area contributed by atoms with E-state index in [0.717, 1.165) is 16.9 Å². The van der Waals surface area contributed by atoms with E-state index in [0.29, 0.717) is 31.2 Å². The Bertz CT molecular complexity index is 820. The lowest BCUT2D eigenvalue weighted by molar-refractivity contribution is 0.0827. The maximum absolute atomic E-state index is 11.9. The smallest absolute Gasteiger partial charge is 0.253 e. The maximum atomic E-state index is 11.9. The highest BCUT2D eigenvalue weighted by atomic mass is 127. The second kappa shape index (κ2) is 12.8. The molecule has 7 heteroatoms. The molecule has 2 aromatic carbocycles. The van der Waals surface area contributed by atoms with Crippen LogP contribution in [0.2, 0.25) is 0 Å². The van der Waals surface area contributed by atoms with Crippen molar-refractivity contribution in [2.45, 2.75) is 13.1 Å². The molecule has 0 saturated heterocycles. The van der Waals surface area contributed by atoms with Crippen LogP contribution in [0.4, 0.5) is 0 Å². The van der Waals surface area contributed by atoms with Crippen molar-refractivity contribution < 1.29 is 9.53 Å². The standard InChI is InChI=1S/C22H28N4O2.HI/c1-5-14-28-20-9-7-6-8-19(20)16-25-22(23-2)24-15-17-10-12-18(13-11-17)21(27)26(3)4;/h5-13H,1,14-16H2,2-4H3,(H2,23,24,25);1H. The van der Waals surface area contributed by atoms with Crippen molar-refractivity contribution in [3.8, 4) is 5.75 Å². The monoisotopic (exact) mass is 508 g/mol. The Morgan fingerprint density at radius 1 is 1.10 bits per heavy atom. The molecule has 2 aromatic rings. The van der Waals surface area contributed by atoms with Crippen LogP contribution >= 0.6 is 24.0 Å². The van der Waals surface area contributed by atoms with E-state index in [9.17, 15) is 4.79 Å². The van der Waals surface area contributed by atoms with Crippen molar-refractivity contribution in [3.05, 3.63) is 77.9 Å². The van der Waals surface area contributed by atoms with Crippen LogP contribution in [0.3, 0.4) is 0 Å². The Morgan fingerprint density at radius 2 is 1.76 bits per heavy atom. The summed E-state index contributed by atoms with van der Waals surface area (Å²) in [6.45, 7) is 5.34. The minimum atomic E-state index is -0.00526. The zero-order valence-electron chi connectivity index (χ0n) is 17.1. The maximum Gasteiger partial charge on any atom is 0.253 e. The molecule has 0 radical (unpaired) electrons. The molecule has 2 N–H and O–H groups in total. The molecule has 1 amide bonds. The third kappa shape index (κ3) is 7.77. The number of nitrogens with one attached hydrogen (secondary N) is 2. The van der Waals surface area contributed by atoms with Gasteiger partial charge in [0.15, 0.2) is 5.96 Å². The van der Waals surface area contributed by atoms with Crippen molar-refractivity contribution in [2.75, 3.05) is 27.7 Å². The highest BCUT2D eigenvalue weighted by molar-refractivity contribution is 14.0. The van der Waals surface area contributed by atoms with Crippen molar-refractivity contribution in [1.82, 2.24) is 15.5 Å². The van der Waals surface area contributed by atoms with Gasteiger partial charge in [0.05, 0.1) is 0 Å². The van der Waals surface area contributed by atoms with E-state index in [1.807, 2.05) is 48.5 Å². The molecule has 0 aliphatic heterocycles. The predicted molar refractivity (Wildman–Crippen MR) is 129 cm³/mol. The summed E-state index contributed by atoms with van der Waals surface area (Å²) in [7, 11) is 5.22. The number of hydrogen-bond acceptors (Lipinski definition) is 3. The summed E-state index contributed by atoms with van der Waals surface area (Å²) in [5, 5.41) is 6.57. The number of ether oxygens (including phenoxy) is 1. The molecule has 29 heavy (non-hydrogen) atoms. The Hall–Kier alpha value is -2.55.